The maximum absolute atomic E-state index is 9.28. The summed E-state index contributed by atoms with van der Waals surface area (Å²) in [7, 11) is 0. The molecule has 0 saturated carbocycles. The van der Waals surface area contributed by atoms with E-state index < -0.39 is 0 Å². The molecule has 1 N–H and O–H groups in total. The van der Waals surface area contributed by atoms with Crippen LogP contribution in [0.4, 0.5) is 0 Å². The molecule has 0 aliphatic carbocycles. The Morgan fingerprint density at radius 2 is 1.73 bits per heavy atom. The fraction of sp³-hybridized carbons (Fsp3) is 0.917. The number of hydrogen-bond acceptors (Lipinski definition) is 3. The van der Waals surface area contributed by atoms with Crippen molar-refractivity contribution in [2.24, 2.45) is 0 Å². The third-order valence-electron chi connectivity index (χ3n) is 3.16. The number of rotatable bonds is 3. The first kappa shape index (κ1) is 12.5. The molecule has 0 unspecified atom stereocenters. The smallest absolute Gasteiger partial charge is 0.109 e. The number of hydrogen-bond donors (Lipinski definition) is 1. The van der Waals surface area contributed by atoms with E-state index in [0.29, 0.717) is 12.1 Å². The van der Waals surface area contributed by atoms with E-state index >= 15 is 0 Å². The predicted octanol–water partition coefficient (Wildman–Crippen LogP) is 1.75. The number of likely N-dealkylation sites (tertiary alicyclic amines) is 1. The van der Waals surface area contributed by atoms with Gasteiger partial charge in [0.05, 0.1) is 6.07 Å². The van der Waals surface area contributed by atoms with Gasteiger partial charge in [-0.05, 0) is 40.5 Å². The van der Waals surface area contributed by atoms with Crippen molar-refractivity contribution >= 4 is 0 Å². The molecular weight excluding hydrogens is 186 g/mol. The molecule has 0 amide bonds. The molecule has 1 aliphatic heterocycles. The largest absolute Gasteiger partial charge is 0.301 e. The molecule has 1 saturated heterocycles. The summed E-state index contributed by atoms with van der Waals surface area (Å²) >= 11 is 0. The minimum absolute atomic E-state index is 0.278. The van der Waals surface area contributed by atoms with Crippen LogP contribution in [0.15, 0.2) is 0 Å². The first-order valence-corrected chi connectivity index (χ1v) is 5.92. The molecule has 3 nitrogen and oxygen atoms in total. The molecule has 1 fully saturated rings. The second kappa shape index (κ2) is 4.96. The molecule has 0 radical (unpaired) electrons. The Morgan fingerprint density at radius 1 is 1.20 bits per heavy atom. The Labute approximate surface area is 93.5 Å². The summed E-state index contributed by atoms with van der Waals surface area (Å²) in [5, 5.41) is 12.7. The summed E-state index contributed by atoms with van der Waals surface area (Å²) < 4.78 is 0. The van der Waals surface area contributed by atoms with Gasteiger partial charge in [0, 0.05) is 25.2 Å². The second-order valence-electron chi connectivity index (χ2n) is 5.12. The van der Waals surface area contributed by atoms with E-state index in [9.17, 15) is 5.26 Å². The van der Waals surface area contributed by atoms with Crippen LogP contribution >= 0.6 is 0 Å². The minimum Gasteiger partial charge on any atom is -0.301 e. The van der Waals surface area contributed by atoms with Gasteiger partial charge in [0.15, 0.2) is 0 Å². The zero-order valence-corrected chi connectivity index (χ0v) is 10.4. The standard InChI is InChI=1S/C12H23N3/c1-10(2)14-12(9-13)5-7-15(8-6-12)11(3)4/h10-11,14H,5-8H2,1-4H3. The van der Waals surface area contributed by atoms with E-state index in [-0.39, 0.29) is 5.54 Å². The molecule has 0 aromatic rings. The third-order valence-corrected chi connectivity index (χ3v) is 3.16. The van der Waals surface area contributed by atoms with Gasteiger partial charge in [-0.2, -0.15) is 5.26 Å². The fourth-order valence-electron chi connectivity index (χ4n) is 2.26. The quantitative estimate of drug-likeness (QED) is 0.769. The van der Waals surface area contributed by atoms with Crippen molar-refractivity contribution < 1.29 is 0 Å². The third kappa shape index (κ3) is 3.19. The van der Waals surface area contributed by atoms with Gasteiger partial charge < -0.3 is 4.90 Å². The molecule has 1 heterocycles. The molecule has 0 spiro atoms. The second-order valence-corrected chi connectivity index (χ2v) is 5.12. The first-order chi connectivity index (χ1) is 6.99. The van der Waals surface area contributed by atoms with Gasteiger partial charge in [-0.3, -0.25) is 5.32 Å². The zero-order valence-electron chi connectivity index (χ0n) is 10.4. The Bertz CT molecular complexity index is 232. The summed E-state index contributed by atoms with van der Waals surface area (Å²) in [6.45, 7) is 10.7. The van der Waals surface area contributed by atoms with Gasteiger partial charge in [-0.25, -0.2) is 0 Å². The summed E-state index contributed by atoms with van der Waals surface area (Å²) in [6.07, 6.45) is 1.89. The van der Waals surface area contributed by atoms with Crippen LogP contribution in [0.5, 0.6) is 0 Å². The van der Waals surface area contributed by atoms with E-state index in [1.807, 2.05) is 0 Å². The summed E-state index contributed by atoms with van der Waals surface area (Å²) in [6, 6.07) is 3.45. The summed E-state index contributed by atoms with van der Waals surface area (Å²) in [5.41, 5.74) is -0.278. The van der Waals surface area contributed by atoms with Crippen LogP contribution < -0.4 is 5.32 Å². The Kier molecular flexibility index (Phi) is 4.12. The van der Waals surface area contributed by atoms with Crippen LogP contribution in [-0.2, 0) is 0 Å². The van der Waals surface area contributed by atoms with Gasteiger partial charge in [-0.15, -0.1) is 0 Å². The van der Waals surface area contributed by atoms with Gasteiger partial charge in [0.2, 0.25) is 0 Å². The van der Waals surface area contributed by atoms with Crippen molar-refractivity contribution in [3.8, 4) is 6.07 Å². The highest BCUT2D eigenvalue weighted by atomic mass is 15.2. The molecular formula is C12H23N3. The van der Waals surface area contributed by atoms with Crippen LogP contribution in [0.1, 0.15) is 40.5 Å². The van der Waals surface area contributed by atoms with Crippen molar-refractivity contribution in [1.29, 1.82) is 5.26 Å². The monoisotopic (exact) mass is 209 g/mol. The van der Waals surface area contributed by atoms with Crippen molar-refractivity contribution in [2.75, 3.05) is 13.1 Å². The first-order valence-electron chi connectivity index (χ1n) is 5.92. The lowest BCUT2D eigenvalue weighted by Crippen LogP contribution is -2.55. The van der Waals surface area contributed by atoms with Crippen LogP contribution in [0.25, 0.3) is 0 Å². The van der Waals surface area contributed by atoms with Gasteiger partial charge >= 0.3 is 0 Å². The van der Waals surface area contributed by atoms with Crippen molar-refractivity contribution in [2.45, 2.75) is 58.2 Å². The SMILES string of the molecule is CC(C)NC1(C#N)CCN(C(C)C)CC1. The molecule has 0 aromatic carbocycles. The molecule has 0 bridgehead atoms. The minimum atomic E-state index is -0.278. The Balaban J connectivity index is 2.56. The predicted molar refractivity (Wildman–Crippen MR) is 62.6 cm³/mol. The molecule has 86 valence electrons. The molecule has 3 heteroatoms. The number of piperidine rings is 1. The number of nitrogens with one attached hydrogen (secondary N) is 1. The van der Waals surface area contributed by atoms with Crippen LogP contribution in [0, 0.1) is 11.3 Å². The van der Waals surface area contributed by atoms with E-state index in [1.165, 1.54) is 0 Å². The maximum Gasteiger partial charge on any atom is 0.109 e. The van der Waals surface area contributed by atoms with E-state index in [0.717, 1.165) is 25.9 Å². The lowest BCUT2D eigenvalue weighted by molar-refractivity contribution is 0.132. The van der Waals surface area contributed by atoms with Crippen LogP contribution in [0.3, 0.4) is 0 Å². The topological polar surface area (TPSA) is 39.1 Å². The van der Waals surface area contributed by atoms with E-state index in [4.69, 9.17) is 0 Å². The van der Waals surface area contributed by atoms with Gasteiger partial charge in [-0.1, -0.05) is 0 Å². The highest BCUT2D eigenvalue weighted by Crippen LogP contribution is 2.23. The zero-order chi connectivity index (χ0) is 11.5. The average Bonchev–Trinajstić information content (AvgIpc) is 2.17. The molecule has 1 aliphatic rings. The molecule has 1 rings (SSSR count). The number of nitriles is 1. The van der Waals surface area contributed by atoms with Crippen LogP contribution in [-0.4, -0.2) is 35.6 Å². The van der Waals surface area contributed by atoms with Gasteiger partial charge in [0.1, 0.15) is 5.54 Å². The van der Waals surface area contributed by atoms with Crippen molar-refractivity contribution in [3.05, 3.63) is 0 Å². The Hall–Kier alpha value is -0.590. The fourth-order valence-corrected chi connectivity index (χ4v) is 2.26. The normalized spacial score (nSPS) is 21.9. The van der Waals surface area contributed by atoms with Crippen molar-refractivity contribution in [1.82, 2.24) is 10.2 Å². The lowest BCUT2D eigenvalue weighted by Gasteiger charge is -2.40. The van der Waals surface area contributed by atoms with E-state index in [2.05, 4.69) is 44.0 Å². The van der Waals surface area contributed by atoms with Crippen LogP contribution in [0.2, 0.25) is 0 Å². The van der Waals surface area contributed by atoms with E-state index in [1.54, 1.807) is 0 Å². The number of nitrogens with zero attached hydrogens (tertiary/aromatic N) is 2. The average molecular weight is 209 g/mol. The lowest BCUT2D eigenvalue weighted by atomic mass is 9.88. The summed E-state index contributed by atoms with van der Waals surface area (Å²) in [4.78, 5) is 2.44. The highest BCUT2D eigenvalue weighted by Gasteiger charge is 2.35. The van der Waals surface area contributed by atoms with Gasteiger partial charge in [0.25, 0.3) is 0 Å². The van der Waals surface area contributed by atoms with Crippen molar-refractivity contribution in [3.63, 3.8) is 0 Å². The highest BCUT2D eigenvalue weighted by molar-refractivity contribution is 5.10. The molecule has 0 atom stereocenters. The molecule has 0 aromatic heterocycles. The maximum atomic E-state index is 9.28. The molecule has 15 heavy (non-hydrogen) atoms. The summed E-state index contributed by atoms with van der Waals surface area (Å²) in [5.74, 6) is 0. The Morgan fingerprint density at radius 3 is 2.07 bits per heavy atom.